The molecule has 0 aliphatic carbocycles. The van der Waals surface area contributed by atoms with E-state index in [0.29, 0.717) is 36.9 Å². The summed E-state index contributed by atoms with van der Waals surface area (Å²) >= 11 is 0. The first-order valence-corrected chi connectivity index (χ1v) is 12.6. The number of imidazole rings is 1. The number of carbonyl (C=O) groups is 1. The highest BCUT2D eigenvalue weighted by Gasteiger charge is 2.36. The van der Waals surface area contributed by atoms with Crippen LogP contribution in [0.3, 0.4) is 0 Å². The van der Waals surface area contributed by atoms with Gasteiger partial charge in [-0.05, 0) is 47.7 Å². The Morgan fingerprint density at radius 2 is 1.81 bits per heavy atom. The topological polar surface area (TPSA) is 56.6 Å². The van der Waals surface area contributed by atoms with E-state index in [-0.39, 0.29) is 11.8 Å². The summed E-state index contributed by atoms with van der Waals surface area (Å²) in [6.07, 6.45) is 1.52. The van der Waals surface area contributed by atoms with Crippen molar-refractivity contribution in [2.24, 2.45) is 0 Å². The number of para-hydroxylation sites is 2. The molecule has 1 aliphatic rings. The van der Waals surface area contributed by atoms with E-state index in [9.17, 15) is 4.79 Å². The molecule has 36 heavy (non-hydrogen) atoms. The van der Waals surface area contributed by atoms with Crippen molar-refractivity contribution in [1.82, 2.24) is 9.55 Å². The smallest absolute Gasteiger partial charge is 0.227 e. The first-order valence-electron chi connectivity index (χ1n) is 12.6. The maximum absolute atomic E-state index is 13.2. The number of ether oxygens (including phenoxy) is 2. The van der Waals surface area contributed by atoms with Crippen LogP contribution in [0.1, 0.15) is 55.5 Å². The van der Waals surface area contributed by atoms with E-state index in [4.69, 9.17) is 14.5 Å². The summed E-state index contributed by atoms with van der Waals surface area (Å²) in [5, 5.41) is 0. The fourth-order valence-corrected chi connectivity index (χ4v) is 5.06. The summed E-state index contributed by atoms with van der Waals surface area (Å²) in [4.78, 5) is 20.1. The van der Waals surface area contributed by atoms with E-state index in [2.05, 4.69) is 48.7 Å². The molecule has 5 rings (SSSR count). The highest BCUT2D eigenvalue weighted by Crippen LogP contribution is 2.39. The van der Waals surface area contributed by atoms with Crippen LogP contribution in [-0.2, 0) is 11.3 Å². The molecule has 3 aromatic carbocycles. The van der Waals surface area contributed by atoms with E-state index in [0.717, 1.165) is 29.0 Å². The molecule has 0 spiro atoms. The fourth-order valence-electron chi connectivity index (χ4n) is 5.06. The quantitative estimate of drug-likeness (QED) is 0.302. The SMILES string of the molecule is CCC(C)c1ccc(Cn2c(C3CC(=O)N(c4cc(OC)ccc4OC)C3)nc3ccccc32)cc1. The summed E-state index contributed by atoms with van der Waals surface area (Å²) in [5.41, 5.74) is 5.35. The lowest BCUT2D eigenvalue weighted by Gasteiger charge is -2.20. The van der Waals surface area contributed by atoms with Gasteiger partial charge in [-0.2, -0.15) is 0 Å². The monoisotopic (exact) mass is 483 g/mol. The van der Waals surface area contributed by atoms with Gasteiger partial charge in [0.05, 0.1) is 30.9 Å². The molecule has 4 aromatic rings. The van der Waals surface area contributed by atoms with Crippen LogP contribution in [0.4, 0.5) is 5.69 Å². The van der Waals surface area contributed by atoms with Crippen LogP contribution in [0.2, 0.25) is 0 Å². The van der Waals surface area contributed by atoms with Crippen LogP contribution in [-0.4, -0.2) is 36.2 Å². The number of aromatic nitrogens is 2. The fraction of sp³-hybridized carbons (Fsp3) is 0.333. The van der Waals surface area contributed by atoms with Crippen molar-refractivity contribution in [2.75, 3.05) is 25.7 Å². The lowest BCUT2D eigenvalue weighted by Crippen LogP contribution is -2.25. The molecule has 1 aliphatic heterocycles. The minimum atomic E-state index is -0.0276. The van der Waals surface area contributed by atoms with Crippen LogP contribution in [0.25, 0.3) is 11.0 Å². The van der Waals surface area contributed by atoms with E-state index in [1.807, 2.05) is 36.4 Å². The van der Waals surface area contributed by atoms with E-state index in [1.54, 1.807) is 19.1 Å². The predicted octanol–water partition coefficient (Wildman–Crippen LogP) is 6.14. The molecule has 1 amide bonds. The second-order valence-electron chi connectivity index (χ2n) is 9.54. The molecule has 0 radical (unpaired) electrons. The van der Waals surface area contributed by atoms with E-state index >= 15 is 0 Å². The van der Waals surface area contributed by atoms with E-state index < -0.39 is 0 Å². The first-order chi connectivity index (χ1) is 17.5. The Balaban J connectivity index is 1.49. The predicted molar refractivity (Wildman–Crippen MR) is 143 cm³/mol. The second kappa shape index (κ2) is 10.1. The van der Waals surface area contributed by atoms with Gasteiger partial charge < -0.3 is 18.9 Å². The van der Waals surface area contributed by atoms with Crippen LogP contribution >= 0.6 is 0 Å². The molecular formula is C30H33N3O3. The largest absolute Gasteiger partial charge is 0.497 e. The molecule has 2 unspecified atom stereocenters. The van der Waals surface area contributed by atoms with Gasteiger partial charge in [0.1, 0.15) is 17.3 Å². The molecular weight excluding hydrogens is 450 g/mol. The molecule has 2 heterocycles. The van der Waals surface area contributed by atoms with Gasteiger partial charge >= 0.3 is 0 Å². The number of amides is 1. The number of hydrogen-bond donors (Lipinski definition) is 0. The van der Waals surface area contributed by atoms with Gasteiger partial charge in [0.25, 0.3) is 0 Å². The zero-order valence-corrected chi connectivity index (χ0v) is 21.4. The normalized spacial score (nSPS) is 16.5. The Kier molecular flexibility index (Phi) is 6.68. The molecule has 1 aromatic heterocycles. The van der Waals surface area contributed by atoms with Gasteiger partial charge in [0, 0.05) is 31.5 Å². The third-order valence-corrected chi connectivity index (χ3v) is 7.35. The number of anilines is 1. The summed E-state index contributed by atoms with van der Waals surface area (Å²) in [5.74, 6) is 2.87. The molecule has 0 N–H and O–H groups in total. The molecule has 0 bridgehead atoms. The molecule has 6 heteroatoms. The number of carbonyl (C=O) groups excluding carboxylic acids is 1. The van der Waals surface area contributed by atoms with Crippen molar-refractivity contribution in [3.63, 3.8) is 0 Å². The number of hydrogen-bond acceptors (Lipinski definition) is 4. The Morgan fingerprint density at radius 3 is 2.53 bits per heavy atom. The van der Waals surface area contributed by atoms with Crippen molar-refractivity contribution < 1.29 is 14.3 Å². The van der Waals surface area contributed by atoms with Gasteiger partial charge in [-0.1, -0.05) is 50.2 Å². The van der Waals surface area contributed by atoms with Crippen molar-refractivity contribution in [2.45, 2.75) is 45.1 Å². The molecule has 1 fully saturated rings. The third-order valence-electron chi connectivity index (χ3n) is 7.35. The molecule has 1 saturated heterocycles. The number of benzene rings is 3. The van der Waals surface area contributed by atoms with Crippen molar-refractivity contribution in [3.8, 4) is 11.5 Å². The van der Waals surface area contributed by atoms with Gasteiger partial charge in [0.2, 0.25) is 5.91 Å². The highest BCUT2D eigenvalue weighted by molar-refractivity contribution is 5.98. The van der Waals surface area contributed by atoms with E-state index in [1.165, 1.54) is 11.1 Å². The Hall–Kier alpha value is -3.80. The van der Waals surface area contributed by atoms with Crippen molar-refractivity contribution >= 4 is 22.6 Å². The highest BCUT2D eigenvalue weighted by atomic mass is 16.5. The zero-order chi connectivity index (χ0) is 25.2. The maximum Gasteiger partial charge on any atom is 0.227 e. The number of rotatable bonds is 8. The third kappa shape index (κ3) is 4.43. The van der Waals surface area contributed by atoms with Gasteiger partial charge in [-0.25, -0.2) is 4.98 Å². The molecule has 0 saturated carbocycles. The van der Waals surface area contributed by atoms with Crippen molar-refractivity contribution in [1.29, 1.82) is 0 Å². The van der Waals surface area contributed by atoms with Gasteiger partial charge in [0.15, 0.2) is 0 Å². The minimum absolute atomic E-state index is 0.0276. The summed E-state index contributed by atoms with van der Waals surface area (Å²) in [6.45, 7) is 5.73. The molecule has 6 nitrogen and oxygen atoms in total. The number of nitrogens with zero attached hydrogens (tertiary/aromatic N) is 3. The summed E-state index contributed by atoms with van der Waals surface area (Å²) in [6, 6.07) is 22.7. The van der Waals surface area contributed by atoms with Crippen molar-refractivity contribution in [3.05, 3.63) is 83.7 Å². The number of methoxy groups -OCH3 is 2. The Labute approximate surface area is 212 Å². The average Bonchev–Trinajstić information content (AvgIpc) is 3.48. The number of fused-ring (bicyclic) bond motifs is 1. The summed E-state index contributed by atoms with van der Waals surface area (Å²) in [7, 11) is 3.24. The molecule has 2 atom stereocenters. The Bertz CT molecular complexity index is 1380. The maximum atomic E-state index is 13.2. The van der Waals surface area contributed by atoms with Crippen LogP contribution in [0, 0.1) is 0 Å². The second-order valence-corrected chi connectivity index (χ2v) is 9.54. The standard InChI is InChI=1S/C30H33N3O3/c1-5-20(2)22-12-10-21(11-13-22)18-33-26-9-7-6-8-25(26)31-30(33)23-16-29(34)32(19-23)27-17-24(35-3)14-15-28(27)36-4/h6-15,17,20,23H,5,16,18-19H2,1-4H3. The zero-order valence-electron chi connectivity index (χ0n) is 21.4. The van der Waals surface area contributed by atoms with Gasteiger partial charge in [-0.3, -0.25) is 4.79 Å². The average molecular weight is 484 g/mol. The van der Waals surface area contributed by atoms with Crippen LogP contribution in [0.5, 0.6) is 11.5 Å². The minimum Gasteiger partial charge on any atom is -0.497 e. The first kappa shape index (κ1) is 23.9. The lowest BCUT2D eigenvalue weighted by atomic mass is 9.97. The summed E-state index contributed by atoms with van der Waals surface area (Å²) < 4.78 is 13.2. The van der Waals surface area contributed by atoms with Crippen LogP contribution in [0.15, 0.2) is 66.7 Å². The van der Waals surface area contributed by atoms with Crippen LogP contribution < -0.4 is 14.4 Å². The molecule has 186 valence electrons. The van der Waals surface area contributed by atoms with Gasteiger partial charge in [-0.15, -0.1) is 0 Å². The Morgan fingerprint density at radius 1 is 1.03 bits per heavy atom. The lowest BCUT2D eigenvalue weighted by molar-refractivity contribution is -0.117.